The van der Waals surface area contributed by atoms with Crippen LogP contribution >= 0.6 is 0 Å². The van der Waals surface area contributed by atoms with Crippen molar-refractivity contribution in [1.29, 1.82) is 0 Å². The van der Waals surface area contributed by atoms with Crippen molar-refractivity contribution in [2.75, 3.05) is 0 Å². The molecular formula is C10H18BeO4. The fraction of sp³-hybridized carbons (Fsp3) is 0.600. The number of carbonyl (C=O) groups excluding carboxylic acids is 4. The molecule has 0 radical (unpaired) electrons. The van der Waals surface area contributed by atoms with Gasteiger partial charge in [-0.15, -0.1) is 0 Å². The molecule has 0 heterocycles. The summed E-state index contributed by atoms with van der Waals surface area (Å²) in [4.78, 5) is 40.1. The summed E-state index contributed by atoms with van der Waals surface area (Å²) in [5.74, 6) is -0.250. The summed E-state index contributed by atoms with van der Waals surface area (Å²) in [6.45, 7) is 5.62. The molecule has 0 aromatic heterocycles. The molecule has 0 aromatic carbocycles. The topological polar surface area (TPSA) is 68.3 Å². The van der Waals surface area contributed by atoms with Gasteiger partial charge in [0.15, 0.2) is 0 Å². The van der Waals surface area contributed by atoms with Gasteiger partial charge in [0.2, 0.25) is 0 Å². The van der Waals surface area contributed by atoms with Gasteiger partial charge < -0.3 is 0 Å². The molecule has 84 valence electrons. The standard InChI is InChI=1S/2C5H8O2.Be.2H/c2*1-4(6)3-5(2)7;;;/h2*3H2,1-2H3;;;. The van der Waals surface area contributed by atoms with E-state index >= 15 is 0 Å². The fourth-order valence-electron chi connectivity index (χ4n) is 0.701. The van der Waals surface area contributed by atoms with Crippen LogP contribution in [0.2, 0.25) is 0 Å². The van der Waals surface area contributed by atoms with Crippen LogP contribution in [-0.2, 0) is 19.2 Å². The molecule has 0 atom stereocenters. The van der Waals surface area contributed by atoms with Crippen molar-refractivity contribution in [2.24, 2.45) is 0 Å². The van der Waals surface area contributed by atoms with Gasteiger partial charge in [-0.3, -0.25) is 19.2 Å². The summed E-state index contributed by atoms with van der Waals surface area (Å²) in [6, 6.07) is 0. The second-order valence-electron chi connectivity index (χ2n) is 3.16. The van der Waals surface area contributed by atoms with Gasteiger partial charge in [-0.1, -0.05) is 0 Å². The van der Waals surface area contributed by atoms with Gasteiger partial charge in [0, 0.05) is 0 Å². The Bertz CT molecular complexity index is 196. The summed E-state index contributed by atoms with van der Waals surface area (Å²) in [7, 11) is 0. The van der Waals surface area contributed by atoms with Crippen LogP contribution < -0.4 is 0 Å². The first-order valence-corrected chi connectivity index (χ1v) is 4.23. The SMILES string of the molecule is CC(=O)CC(C)=O.CC(=O)CC(C)=O.[BeH2]. The van der Waals surface area contributed by atoms with Crippen molar-refractivity contribution in [3.8, 4) is 0 Å². The zero-order valence-corrected chi connectivity index (χ0v) is 9.05. The Morgan fingerprint density at radius 2 is 0.733 bits per heavy atom. The minimum absolute atomic E-state index is 0. The third-order valence-electron chi connectivity index (χ3n) is 0.996. The summed E-state index contributed by atoms with van der Waals surface area (Å²) < 4.78 is 0. The van der Waals surface area contributed by atoms with Crippen LogP contribution in [0.5, 0.6) is 0 Å². The summed E-state index contributed by atoms with van der Waals surface area (Å²) >= 11 is 0. The Hall–Kier alpha value is -1.15. The zero-order chi connectivity index (χ0) is 11.7. The van der Waals surface area contributed by atoms with E-state index in [0.717, 1.165) is 0 Å². The van der Waals surface area contributed by atoms with E-state index in [-0.39, 0.29) is 46.1 Å². The predicted molar refractivity (Wildman–Crippen MR) is 60.5 cm³/mol. The molecule has 0 N–H and O–H groups in total. The Morgan fingerprint density at radius 1 is 0.600 bits per heavy atom. The van der Waals surface area contributed by atoms with Crippen LogP contribution in [0, 0.1) is 0 Å². The summed E-state index contributed by atoms with van der Waals surface area (Å²) in [6.07, 6.45) is 0.167. The molecule has 5 heteroatoms. The van der Waals surface area contributed by atoms with E-state index in [4.69, 9.17) is 0 Å². The normalized spacial score (nSPS) is 7.73. The van der Waals surface area contributed by atoms with Crippen molar-refractivity contribution in [3.63, 3.8) is 0 Å². The fourth-order valence-corrected chi connectivity index (χ4v) is 0.701. The minimum atomic E-state index is -0.0625. The van der Waals surface area contributed by atoms with E-state index in [2.05, 4.69) is 0 Å². The quantitative estimate of drug-likeness (QED) is 0.492. The molecule has 0 fully saturated rings. The average molecular weight is 211 g/mol. The van der Waals surface area contributed by atoms with Crippen molar-refractivity contribution in [3.05, 3.63) is 0 Å². The van der Waals surface area contributed by atoms with E-state index in [0.29, 0.717) is 0 Å². The Morgan fingerprint density at radius 3 is 0.733 bits per heavy atom. The maximum atomic E-state index is 10.0. The Labute approximate surface area is 93.6 Å². The van der Waals surface area contributed by atoms with Gasteiger partial charge in [-0.05, 0) is 27.7 Å². The Kier molecular flexibility index (Phi) is 14.2. The molecule has 0 aliphatic carbocycles. The van der Waals surface area contributed by atoms with E-state index in [9.17, 15) is 19.2 Å². The number of hydrogen-bond acceptors (Lipinski definition) is 4. The number of hydrogen-bond donors (Lipinski definition) is 0. The van der Waals surface area contributed by atoms with Crippen molar-refractivity contribution in [1.82, 2.24) is 0 Å². The van der Waals surface area contributed by atoms with E-state index in [1.165, 1.54) is 27.7 Å². The first-order chi connectivity index (χ1) is 6.25. The molecule has 0 spiro atoms. The van der Waals surface area contributed by atoms with E-state index in [1.807, 2.05) is 0 Å². The molecule has 0 aliphatic heterocycles. The summed E-state index contributed by atoms with van der Waals surface area (Å²) in [5, 5.41) is 0. The average Bonchev–Trinajstić information content (AvgIpc) is 1.79. The van der Waals surface area contributed by atoms with Gasteiger partial charge >= 0.3 is 10.1 Å². The van der Waals surface area contributed by atoms with Crippen LogP contribution in [0.15, 0.2) is 0 Å². The molecule has 0 saturated heterocycles. The molecule has 0 aromatic rings. The van der Waals surface area contributed by atoms with Crippen molar-refractivity contribution >= 4 is 33.3 Å². The van der Waals surface area contributed by atoms with Crippen LogP contribution in [0.1, 0.15) is 40.5 Å². The Balaban J connectivity index is -0.000000180. The van der Waals surface area contributed by atoms with Gasteiger partial charge in [0.25, 0.3) is 0 Å². The van der Waals surface area contributed by atoms with Crippen LogP contribution in [0.4, 0.5) is 0 Å². The van der Waals surface area contributed by atoms with Crippen LogP contribution in [0.25, 0.3) is 0 Å². The molecule has 4 nitrogen and oxygen atoms in total. The number of rotatable bonds is 4. The molecule has 15 heavy (non-hydrogen) atoms. The number of Topliss-reactive ketones (excluding diaryl/α,β-unsaturated/α-hetero) is 4. The number of ketones is 4. The van der Waals surface area contributed by atoms with Gasteiger partial charge in [-0.25, -0.2) is 0 Å². The molecule has 0 amide bonds. The molecule has 0 rings (SSSR count). The summed E-state index contributed by atoms with van der Waals surface area (Å²) in [5.41, 5.74) is 0. The molecule has 0 bridgehead atoms. The number of carbonyl (C=O) groups is 4. The van der Waals surface area contributed by atoms with Crippen LogP contribution in [0.3, 0.4) is 0 Å². The molecule has 0 aliphatic rings. The third kappa shape index (κ3) is 32.2. The van der Waals surface area contributed by atoms with Gasteiger partial charge in [0.1, 0.15) is 23.1 Å². The molecule has 0 unspecified atom stereocenters. The second kappa shape index (κ2) is 10.9. The maximum absolute atomic E-state index is 10.0. The first-order valence-electron chi connectivity index (χ1n) is 4.23. The zero-order valence-electron chi connectivity index (χ0n) is 9.05. The van der Waals surface area contributed by atoms with Gasteiger partial charge in [-0.2, -0.15) is 0 Å². The predicted octanol–water partition coefficient (Wildman–Crippen LogP) is 0.193. The van der Waals surface area contributed by atoms with Crippen LogP contribution in [-0.4, -0.2) is 33.3 Å². The van der Waals surface area contributed by atoms with E-state index < -0.39 is 0 Å². The second-order valence-corrected chi connectivity index (χ2v) is 3.16. The van der Waals surface area contributed by atoms with Crippen molar-refractivity contribution in [2.45, 2.75) is 40.5 Å². The first kappa shape index (κ1) is 19.4. The van der Waals surface area contributed by atoms with E-state index in [1.54, 1.807) is 0 Å². The third-order valence-corrected chi connectivity index (χ3v) is 0.996. The van der Waals surface area contributed by atoms with Crippen molar-refractivity contribution < 1.29 is 19.2 Å². The molecule has 0 saturated carbocycles. The van der Waals surface area contributed by atoms with Gasteiger partial charge in [0.05, 0.1) is 12.8 Å². The monoisotopic (exact) mass is 211 g/mol. The molecular weight excluding hydrogens is 193 g/mol.